The molecule has 1 fully saturated rings. The number of aliphatic hydroxyl groups excluding tert-OH is 2. The van der Waals surface area contributed by atoms with E-state index >= 15 is 0 Å². The number of methoxy groups -OCH3 is 2. The number of rotatable bonds is 16. The number of aliphatic hydroxyl groups is 2. The van der Waals surface area contributed by atoms with Gasteiger partial charge >= 0.3 is 31.9 Å². The van der Waals surface area contributed by atoms with Crippen LogP contribution in [-0.4, -0.2) is 115 Å². The van der Waals surface area contributed by atoms with Crippen LogP contribution in [0.25, 0.3) is 66.8 Å². The smallest absolute Gasteiger partial charge is 0.00147 e. The molecule has 10 N–H and O–H groups in total. The summed E-state index contributed by atoms with van der Waals surface area (Å²) in [6.45, 7) is 5.51. The molecule has 2 atom stereocenters. The van der Waals surface area contributed by atoms with Crippen LogP contribution in [0.2, 0.25) is 0 Å². The van der Waals surface area contributed by atoms with Gasteiger partial charge in [0, 0.05) is 77.8 Å². The molecule has 3 aliphatic rings. The molecule has 14 aromatic rings. The zero-order valence-electron chi connectivity index (χ0n) is 64.7. The molecule has 10 heterocycles. The number of nitrogens with zero attached hydrogens (tertiary/aromatic N) is 1. The number of thiophene rings is 7. The van der Waals surface area contributed by atoms with Gasteiger partial charge in [0.15, 0.2) is 6.29 Å². The summed E-state index contributed by atoms with van der Waals surface area (Å²) in [6, 6.07) is 77.3. The second kappa shape index (κ2) is 65.7. The minimum Gasteiger partial charge on any atom is -0.152 e. The molecule has 0 bridgehead atoms. The van der Waals surface area contributed by atoms with Gasteiger partial charge in [0.1, 0.15) is 12.2 Å². The predicted molar refractivity (Wildman–Crippen MR) is 552 cm³/mol. The Labute approximate surface area is 805 Å². The Bertz CT molecular complexity index is 4800. The van der Waals surface area contributed by atoms with Crippen LogP contribution in [0.15, 0.2) is 297 Å². The van der Waals surface area contributed by atoms with E-state index in [4.69, 9.17) is 56.4 Å². The van der Waals surface area contributed by atoms with Crippen molar-refractivity contribution in [1.29, 1.82) is 0 Å². The number of fused-ring (bicyclic) bond motifs is 2. The van der Waals surface area contributed by atoms with E-state index in [1.165, 1.54) is 107 Å². The van der Waals surface area contributed by atoms with Crippen molar-refractivity contribution in [2.24, 2.45) is 21.5 Å². The van der Waals surface area contributed by atoms with Gasteiger partial charge in [-0.1, -0.05) is 235 Å². The number of thiol groups is 1. The summed E-state index contributed by atoms with van der Waals surface area (Å²) in [7, 11) is 6.11. The Morgan fingerprint density at radius 1 is 0.479 bits per heavy atom. The Balaban J connectivity index is 0.000000461. The zero-order valence-corrected chi connectivity index (χ0v) is 80.8. The molecule has 121 heavy (non-hydrogen) atoms. The quantitative estimate of drug-likeness (QED) is 0.0196. The van der Waals surface area contributed by atoms with Crippen LogP contribution in [0.1, 0.15) is 66.5 Å². The van der Waals surface area contributed by atoms with Gasteiger partial charge in [-0.2, -0.15) is 34.0 Å². The third kappa shape index (κ3) is 39.2. The first-order chi connectivity index (χ1) is 56.6. The van der Waals surface area contributed by atoms with Gasteiger partial charge in [0.25, 0.3) is 0 Å². The van der Waals surface area contributed by atoms with Crippen molar-refractivity contribution in [2.75, 3.05) is 73.5 Å². The molecule has 0 saturated carbocycles. The van der Waals surface area contributed by atoms with Gasteiger partial charge < -0.3 is 61.1 Å². The summed E-state index contributed by atoms with van der Waals surface area (Å²) in [5.41, 5.74) is 37.7. The Morgan fingerprint density at radius 3 is 1.21 bits per heavy atom. The topological polar surface area (TPSA) is 221 Å². The molecular weight excluding hydrogens is 2040 g/mol. The normalized spacial score (nSPS) is 12.4. The molecule has 647 valence electrons. The molecule has 0 amide bonds. The van der Waals surface area contributed by atoms with Gasteiger partial charge in [-0.05, 0) is 245 Å². The van der Waals surface area contributed by atoms with Crippen molar-refractivity contribution >= 4 is 217 Å². The van der Waals surface area contributed by atoms with Crippen molar-refractivity contribution in [3.63, 3.8) is 0 Å². The number of hydrogen-bond donors (Lipinski definition) is 8. The summed E-state index contributed by atoms with van der Waals surface area (Å²) in [5.74, 6) is 0. The van der Waals surface area contributed by atoms with Crippen molar-refractivity contribution in [2.45, 2.75) is 66.5 Å². The molecule has 7 aromatic heterocycles. The average molecular weight is 2150 g/mol. The van der Waals surface area contributed by atoms with Gasteiger partial charge in [0.2, 0.25) is 0 Å². The average Bonchev–Trinajstić information content (AvgIpc) is 1.65. The number of halogens is 7. The van der Waals surface area contributed by atoms with Crippen molar-refractivity contribution in [1.82, 2.24) is 0 Å². The van der Waals surface area contributed by atoms with Crippen LogP contribution in [-0.2, 0) is 49.4 Å². The number of hydrogen-bond acceptors (Lipinski definition) is 21. The summed E-state index contributed by atoms with van der Waals surface area (Å²) < 4.78 is 33.7. The van der Waals surface area contributed by atoms with E-state index in [-0.39, 0.29) is 78.8 Å². The maximum atomic E-state index is 9.09. The summed E-state index contributed by atoms with van der Waals surface area (Å²) >= 11 is 32.6. The summed E-state index contributed by atoms with van der Waals surface area (Å²) in [6.07, 6.45) is 3.38. The Morgan fingerprint density at radius 2 is 0.884 bits per heavy atom. The van der Waals surface area contributed by atoms with Crippen LogP contribution in [0, 0.1) is 0 Å². The van der Waals surface area contributed by atoms with E-state index in [9.17, 15) is 0 Å². The molecule has 30 heteroatoms. The minimum absolute atomic E-state index is 0. The minimum atomic E-state index is -1.34. The zero-order chi connectivity index (χ0) is 83.1. The van der Waals surface area contributed by atoms with Crippen LogP contribution < -0.4 is 22.7 Å². The maximum Gasteiger partial charge on any atom is -0.00147 e. The van der Waals surface area contributed by atoms with Crippen molar-refractivity contribution in [3.8, 4) is 66.8 Å². The van der Waals surface area contributed by atoms with E-state index in [0.29, 0.717) is 31.5 Å². The van der Waals surface area contributed by atoms with Gasteiger partial charge in [-0.15, -0.1) is 70.2 Å². The molecule has 0 spiro atoms. The van der Waals surface area contributed by atoms with Crippen molar-refractivity contribution < 1.29 is 43.9 Å². The van der Waals surface area contributed by atoms with Gasteiger partial charge in [-0.25, -0.2) is 0 Å². The molecular formula is C91H106B2Br5Cl2N4O9S8. The summed E-state index contributed by atoms with van der Waals surface area (Å²) in [5, 5.41) is 52.2. The first-order valence-corrected chi connectivity index (χ1v) is 47.1. The number of benzene rings is 7. The SMILES string of the molecule is Brc1cc(-c2ccccc2)c(Br)s1.Brc1ccsc1.C.C.C.C1CO1.COC(CN)OC.Cl.Cl.NCC1OCCc2c(-c3ccccc3)csc21.NCC1OCCc2c(-c3ccccc3)csc21.OB(O)c1ccccc1.OCCc1c(Br)sc(Br)c1-c1ccccc1.OCCc1cscc1-c1ccccc1.[B]=NS.c1ccc(-c2ccsc2)cc1. The van der Waals surface area contributed by atoms with Gasteiger partial charge in [-0.3, -0.25) is 0 Å². The maximum absolute atomic E-state index is 9.09. The Kier molecular flexibility index (Phi) is 61.0. The fraction of sp³-hybridized carbons (Fsp3) is 0.231. The molecule has 17 rings (SSSR count). The third-order valence-corrected chi connectivity index (χ3v) is 27.0. The monoisotopic (exact) mass is 2140 g/mol. The van der Waals surface area contributed by atoms with Crippen molar-refractivity contribution in [3.05, 3.63) is 325 Å². The van der Waals surface area contributed by atoms with Crippen LogP contribution in [0.5, 0.6) is 0 Å². The summed E-state index contributed by atoms with van der Waals surface area (Å²) in [4.78, 5) is 2.63. The molecule has 3 aliphatic heterocycles. The first-order valence-electron chi connectivity index (χ1n) is 36.5. The molecule has 1 radical (unpaired) electrons. The van der Waals surface area contributed by atoms with Gasteiger partial charge in [0.05, 0.1) is 41.6 Å². The van der Waals surface area contributed by atoms with E-state index < -0.39 is 7.12 Å². The van der Waals surface area contributed by atoms with Crippen LogP contribution in [0.3, 0.4) is 0 Å². The second-order valence-corrected chi connectivity index (χ2v) is 37.2. The molecule has 2 unspecified atom stereocenters. The predicted octanol–water partition coefficient (Wildman–Crippen LogP) is 26.1. The number of nitrogens with two attached hydrogens (primary N) is 3. The molecule has 13 nitrogen and oxygen atoms in total. The molecule has 0 aliphatic carbocycles. The molecule has 1 saturated heterocycles. The number of epoxide rings is 1. The van der Waals surface area contributed by atoms with E-state index in [1.54, 1.807) is 118 Å². The van der Waals surface area contributed by atoms with E-state index in [0.717, 1.165) is 57.0 Å². The first kappa shape index (κ1) is 112. The van der Waals surface area contributed by atoms with E-state index in [2.05, 4.69) is 263 Å². The Hall–Kier alpha value is -4.78. The molecule has 7 aromatic carbocycles. The fourth-order valence-corrected chi connectivity index (χ4v) is 22.5. The number of ether oxygens (including phenoxy) is 5. The van der Waals surface area contributed by atoms with Crippen LogP contribution >= 0.6 is 197 Å². The van der Waals surface area contributed by atoms with Crippen LogP contribution in [0.4, 0.5) is 0 Å². The standard InChI is InChI=1S/2C14H15NOS.C12H10Br2OS.C12H12OS.C10H6Br2S.C10H8S.C6H7BO2.C4H3BrS.C4H11NO2.C2H4O.3CH4.BHNS.2ClH/c2*15-8-13-14-11(6-7-16-13)12(9-17-14)10-4-2-1-3-5-10;13-11-9(6-7-15)10(12(14)16-11)8-4-2-1-3-5-8;13-7-6-11-8-14-9-12(11)10-4-2-1-3-5-10;11-9-6-8(10(12)13-9)7-4-2-1-3-5-7;1-2-4-9(5-3-1)10-6-7-11-8-10;8-7(9)6-4-2-1-3-5-6;5-4-1-2-6-3-4;1-6-4(3-5)7-2;1-2-3-1;;;;1-2-3;;/h2*1-5,9,13H,6-8,15H2;1-5,15H,6-7H2;1-5,8-9,13H,6-7H2;1-6H;1-8H;1-5,8-9H;1-3H;4H,3,5H2,1-2H3;1-2H2;3*1H4;3H;2*1H. The third-order valence-electron chi connectivity index (χ3n) is 16.8. The van der Waals surface area contributed by atoms with E-state index in [1.807, 2.05) is 95.7 Å². The fourth-order valence-electron chi connectivity index (χ4n) is 11.2. The largest absolute Gasteiger partial charge is 0.152 e. The second-order valence-electron chi connectivity index (χ2n) is 24.5.